The summed E-state index contributed by atoms with van der Waals surface area (Å²) < 4.78 is 0. The van der Waals surface area contributed by atoms with Crippen LogP contribution < -0.4 is 10.2 Å². The van der Waals surface area contributed by atoms with Crippen molar-refractivity contribution in [3.63, 3.8) is 0 Å². The molecule has 1 atom stereocenters. The van der Waals surface area contributed by atoms with Gasteiger partial charge in [-0.05, 0) is 40.3 Å². The van der Waals surface area contributed by atoms with Gasteiger partial charge < -0.3 is 15.1 Å². The first-order valence-corrected chi connectivity index (χ1v) is 7.68. The van der Waals surface area contributed by atoms with Crippen LogP contribution in [0.25, 0.3) is 0 Å². The molecule has 1 aliphatic heterocycles. The lowest BCUT2D eigenvalue weighted by molar-refractivity contribution is 0.327. The van der Waals surface area contributed by atoms with Crippen LogP contribution in [-0.4, -0.2) is 54.1 Å². The average molecular weight is 277 g/mol. The number of likely N-dealkylation sites (N-methyl/N-ethyl adjacent to an activating group) is 1. The van der Waals surface area contributed by atoms with Gasteiger partial charge in [0.15, 0.2) is 0 Å². The first-order valence-electron chi connectivity index (χ1n) is 7.68. The van der Waals surface area contributed by atoms with Crippen LogP contribution in [0.4, 0.5) is 11.6 Å². The Labute approximate surface area is 122 Å². The van der Waals surface area contributed by atoms with E-state index >= 15 is 0 Å². The Morgan fingerprint density at radius 2 is 2.10 bits per heavy atom. The molecule has 1 saturated heterocycles. The Bertz CT molecular complexity index is 434. The van der Waals surface area contributed by atoms with Crippen molar-refractivity contribution >= 4 is 11.6 Å². The molecule has 20 heavy (non-hydrogen) atoms. The minimum Gasteiger partial charge on any atom is -0.370 e. The van der Waals surface area contributed by atoms with E-state index in [4.69, 9.17) is 0 Å². The zero-order chi connectivity index (χ0) is 14.5. The molecule has 0 spiro atoms. The van der Waals surface area contributed by atoms with Crippen LogP contribution in [-0.2, 0) is 0 Å². The number of hydrogen-bond donors (Lipinski definition) is 1. The second-order valence-corrected chi connectivity index (χ2v) is 5.57. The number of hydrogen-bond acceptors (Lipinski definition) is 5. The van der Waals surface area contributed by atoms with Crippen molar-refractivity contribution in [2.75, 3.05) is 43.4 Å². The van der Waals surface area contributed by atoms with Gasteiger partial charge >= 0.3 is 0 Å². The predicted octanol–water partition coefficient (Wildman–Crippen LogP) is 2.14. The van der Waals surface area contributed by atoms with Gasteiger partial charge in [0.25, 0.3) is 0 Å². The Hall–Kier alpha value is -1.36. The lowest BCUT2D eigenvalue weighted by Gasteiger charge is -2.32. The van der Waals surface area contributed by atoms with Gasteiger partial charge in [0.1, 0.15) is 18.0 Å². The number of aromatic nitrogens is 2. The summed E-state index contributed by atoms with van der Waals surface area (Å²) in [6.07, 6.45) is 4.01. The Kier molecular flexibility index (Phi) is 5.17. The fraction of sp³-hybridized carbons (Fsp3) is 0.733. The normalized spacial score (nSPS) is 20.8. The largest absolute Gasteiger partial charge is 0.370 e. The molecule has 0 aliphatic carbocycles. The van der Waals surface area contributed by atoms with Crippen LogP contribution >= 0.6 is 0 Å². The first kappa shape index (κ1) is 15.0. The smallest absolute Gasteiger partial charge is 0.137 e. The monoisotopic (exact) mass is 277 g/mol. The molecule has 1 N–H and O–H groups in total. The SMILES string of the molecule is CCNc1ncnc(N2CCCN(C)CC2CC)c1C. The van der Waals surface area contributed by atoms with Crippen LogP contribution in [0.5, 0.6) is 0 Å². The summed E-state index contributed by atoms with van der Waals surface area (Å²) in [6, 6.07) is 0.533. The summed E-state index contributed by atoms with van der Waals surface area (Å²) >= 11 is 0. The van der Waals surface area contributed by atoms with Crippen molar-refractivity contribution < 1.29 is 0 Å². The maximum absolute atomic E-state index is 4.57. The molecule has 112 valence electrons. The second-order valence-electron chi connectivity index (χ2n) is 5.57. The van der Waals surface area contributed by atoms with Crippen LogP contribution in [0.2, 0.25) is 0 Å². The molecule has 0 aromatic carbocycles. The standard InChI is InChI=1S/C15H27N5/c1-5-13-10-19(4)8-7-9-20(13)15-12(3)14(16-6-2)17-11-18-15/h11,13H,5-10H2,1-4H3,(H,16,17,18). The Balaban J connectivity index is 2.30. The zero-order valence-electron chi connectivity index (χ0n) is 13.2. The van der Waals surface area contributed by atoms with Gasteiger partial charge in [-0.15, -0.1) is 0 Å². The highest BCUT2D eigenvalue weighted by atomic mass is 15.3. The molecule has 5 nitrogen and oxygen atoms in total. The average Bonchev–Trinajstić information content (AvgIpc) is 2.63. The summed E-state index contributed by atoms with van der Waals surface area (Å²) in [5, 5.41) is 3.32. The fourth-order valence-electron chi connectivity index (χ4n) is 2.95. The molecule has 0 bridgehead atoms. The number of nitrogens with one attached hydrogen (secondary N) is 1. The molecule has 1 aromatic heterocycles. The van der Waals surface area contributed by atoms with Crippen molar-refractivity contribution in [1.82, 2.24) is 14.9 Å². The van der Waals surface area contributed by atoms with Gasteiger partial charge in [0.05, 0.1) is 0 Å². The van der Waals surface area contributed by atoms with Crippen LogP contribution in [0.3, 0.4) is 0 Å². The molecule has 1 aliphatic rings. The van der Waals surface area contributed by atoms with Gasteiger partial charge in [-0.3, -0.25) is 0 Å². The van der Waals surface area contributed by atoms with Crippen molar-refractivity contribution in [3.05, 3.63) is 11.9 Å². The Morgan fingerprint density at radius 1 is 1.30 bits per heavy atom. The van der Waals surface area contributed by atoms with E-state index in [1.807, 2.05) is 0 Å². The highest BCUT2D eigenvalue weighted by Gasteiger charge is 2.25. The third-order valence-corrected chi connectivity index (χ3v) is 4.05. The maximum Gasteiger partial charge on any atom is 0.137 e. The predicted molar refractivity (Wildman–Crippen MR) is 84.5 cm³/mol. The highest BCUT2D eigenvalue weighted by Crippen LogP contribution is 2.26. The molecule has 0 amide bonds. The lowest BCUT2D eigenvalue weighted by atomic mass is 10.1. The van der Waals surface area contributed by atoms with Gasteiger partial charge in [0.2, 0.25) is 0 Å². The third kappa shape index (κ3) is 3.20. The fourth-order valence-corrected chi connectivity index (χ4v) is 2.95. The second kappa shape index (κ2) is 6.88. The summed E-state index contributed by atoms with van der Waals surface area (Å²) in [7, 11) is 2.21. The van der Waals surface area contributed by atoms with Gasteiger partial charge in [-0.2, -0.15) is 0 Å². The molecule has 2 rings (SSSR count). The highest BCUT2D eigenvalue weighted by molar-refractivity contribution is 5.58. The van der Waals surface area contributed by atoms with Crippen molar-refractivity contribution in [1.29, 1.82) is 0 Å². The maximum atomic E-state index is 4.57. The van der Waals surface area contributed by atoms with Crippen LogP contribution in [0.15, 0.2) is 6.33 Å². The van der Waals surface area contributed by atoms with Crippen molar-refractivity contribution in [2.45, 2.75) is 39.7 Å². The minimum atomic E-state index is 0.533. The van der Waals surface area contributed by atoms with E-state index in [1.54, 1.807) is 6.33 Å². The molecule has 0 radical (unpaired) electrons. The molecule has 2 heterocycles. The Morgan fingerprint density at radius 3 is 2.80 bits per heavy atom. The van der Waals surface area contributed by atoms with Crippen molar-refractivity contribution in [2.24, 2.45) is 0 Å². The summed E-state index contributed by atoms with van der Waals surface area (Å²) in [4.78, 5) is 13.8. The third-order valence-electron chi connectivity index (χ3n) is 4.05. The van der Waals surface area contributed by atoms with E-state index in [-0.39, 0.29) is 0 Å². The zero-order valence-corrected chi connectivity index (χ0v) is 13.2. The molecule has 1 fully saturated rings. The molecule has 0 saturated carbocycles. The number of rotatable bonds is 4. The van der Waals surface area contributed by atoms with E-state index < -0.39 is 0 Å². The quantitative estimate of drug-likeness (QED) is 0.913. The summed E-state index contributed by atoms with van der Waals surface area (Å²) in [5.41, 5.74) is 1.16. The molecule has 1 aromatic rings. The molecular weight excluding hydrogens is 250 g/mol. The molecular formula is C15H27N5. The van der Waals surface area contributed by atoms with Crippen LogP contribution in [0, 0.1) is 6.92 Å². The van der Waals surface area contributed by atoms with E-state index in [1.165, 1.54) is 6.42 Å². The van der Waals surface area contributed by atoms with Gasteiger partial charge in [-0.25, -0.2) is 9.97 Å². The number of nitrogens with zero attached hydrogens (tertiary/aromatic N) is 4. The van der Waals surface area contributed by atoms with Crippen LogP contribution in [0.1, 0.15) is 32.3 Å². The summed E-state index contributed by atoms with van der Waals surface area (Å²) in [6.45, 7) is 10.7. The number of anilines is 2. The van der Waals surface area contributed by atoms with E-state index in [0.29, 0.717) is 6.04 Å². The van der Waals surface area contributed by atoms with Gasteiger partial charge in [-0.1, -0.05) is 6.92 Å². The van der Waals surface area contributed by atoms with E-state index in [2.05, 4.69) is 52.9 Å². The van der Waals surface area contributed by atoms with E-state index in [0.717, 1.165) is 49.8 Å². The van der Waals surface area contributed by atoms with Gasteiger partial charge in [0, 0.05) is 31.2 Å². The van der Waals surface area contributed by atoms with Crippen molar-refractivity contribution in [3.8, 4) is 0 Å². The summed E-state index contributed by atoms with van der Waals surface area (Å²) in [5.74, 6) is 2.06. The first-order chi connectivity index (χ1) is 9.67. The van der Waals surface area contributed by atoms with E-state index in [9.17, 15) is 0 Å². The molecule has 1 unspecified atom stereocenters. The topological polar surface area (TPSA) is 44.3 Å². The molecule has 5 heteroatoms. The minimum absolute atomic E-state index is 0.533. The lowest BCUT2D eigenvalue weighted by Crippen LogP contribution is -2.40.